The van der Waals surface area contributed by atoms with Crippen molar-refractivity contribution in [1.82, 2.24) is 10.0 Å². The number of benzene rings is 1. The summed E-state index contributed by atoms with van der Waals surface area (Å²) >= 11 is 0. The van der Waals surface area contributed by atoms with Crippen LogP contribution < -0.4 is 0 Å². The first-order valence-corrected chi connectivity index (χ1v) is 7.23. The van der Waals surface area contributed by atoms with Crippen LogP contribution in [-0.2, 0) is 10.9 Å². The predicted octanol–water partition coefficient (Wildman–Crippen LogP) is 2.80. The van der Waals surface area contributed by atoms with Gasteiger partial charge in [-0.3, -0.25) is 0 Å². The van der Waals surface area contributed by atoms with Crippen LogP contribution in [0, 0.1) is 0 Å². The van der Waals surface area contributed by atoms with Crippen molar-refractivity contribution >= 4 is 5.97 Å². The number of alkyl halides is 3. The summed E-state index contributed by atoms with van der Waals surface area (Å²) in [6, 6.07) is 4.08. The van der Waals surface area contributed by atoms with E-state index in [1.165, 1.54) is 0 Å². The number of ether oxygens (including phenoxy) is 1. The second-order valence-electron chi connectivity index (χ2n) is 5.11. The lowest BCUT2D eigenvalue weighted by molar-refractivity contribution is -0.137. The van der Waals surface area contributed by atoms with E-state index in [0.29, 0.717) is 13.1 Å². The minimum Gasteiger partial charge on any atom is -0.456 e. The van der Waals surface area contributed by atoms with Crippen LogP contribution in [0.2, 0.25) is 0 Å². The molecule has 0 amide bonds. The lowest BCUT2D eigenvalue weighted by Crippen LogP contribution is -2.35. The Hall–Kier alpha value is -1.60. The lowest BCUT2D eigenvalue weighted by Gasteiger charge is -2.23. The average Bonchev–Trinajstić information content (AvgIpc) is 2.88. The first kappa shape index (κ1) is 16.8. The SMILES string of the molecule is CCN1CC(OC(=O)c2ccc(C(F)(F)F)cc2)CN1CC. The van der Waals surface area contributed by atoms with Crippen molar-refractivity contribution in [3.63, 3.8) is 0 Å². The molecule has 1 aromatic rings. The summed E-state index contributed by atoms with van der Waals surface area (Å²) in [4.78, 5) is 12.0. The number of hydrogen-bond acceptors (Lipinski definition) is 4. The summed E-state index contributed by atoms with van der Waals surface area (Å²) in [6.45, 7) is 6.89. The molecule has 7 heteroatoms. The molecule has 0 radical (unpaired) electrons. The maximum atomic E-state index is 12.5. The number of carbonyl (C=O) groups excluding carboxylic acids is 1. The highest BCUT2D eigenvalue weighted by atomic mass is 19.4. The van der Waals surface area contributed by atoms with Gasteiger partial charge in [0.1, 0.15) is 6.10 Å². The van der Waals surface area contributed by atoms with Crippen molar-refractivity contribution < 1.29 is 22.7 Å². The molecule has 0 saturated carbocycles. The Morgan fingerprint density at radius 3 is 2.05 bits per heavy atom. The molecule has 2 rings (SSSR count). The third-order valence-corrected chi connectivity index (χ3v) is 3.68. The van der Waals surface area contributed by atoms with Crippen molar-refractivity contribution in [1.29, 1.82) is 0 Å². The maximum Gasteiger partial charge on any atom is 0.416 e. The molecule has 1 aliphatic heterocycles. The highest BCUT2D eigenvalue weighted by Gasteiger charge is 2.32. The molecule has 22 heavy (non-hydrogen) atoms. The molecule has 0 spiro atoms. The summed E-state index contributed by atoms with van der Waals surface area (Å²) in [7, 11) is 0. The monoisotopic (exact) mass is 316 g/mol. The van der Waals surface area contributed by atoms with Crippen LogP contribution in [0.15, 0.2) is 24.3 Å². The maximum absolute atomic E-state index is 12.5. The smallest absolute Gasteiger partial charge is 0.416 e. The Kier molecular flexibility index (Phi) is 5.08. The van der Waals surface area contributed by atoms with Crippen LogP contribution in [0.4, 0.5) is 13.2 Å². The molecule has 0 atom stereocenters. The van der Waals surface area contributed by atoms with E-state index in [-0.39, 0.29) is 11.7 Å². The largest absolute Gasteiger partial charge is 0.456 e. The molecule has 1 aliphatic rings. The topological polar surface area (TPSA) is 32.8 Å². The molecule has 1 aromatic carbocycles. The molecule has 1 fully saturated rings. The number of hydrogen-bond donors (Lipinski definition) is 0. The Morgan fingerprint density at radius 1 is 1.14 bits per heavy atom. The third kappa shape index (κ3) is 3.78. The van der Waals surface area contributed by atoms with Crippen LogP contribution in [0.25, 0.3) is 0 Å². The van der Waals surface area contributed by atoms with Gasteiger partial charge >= 0.3 is 12.1 Å². The molecular formula is C15H19F3N2O2. The van der Waals surface area contributed by atoms with Gasteiger partial charge in [0, 0.05) is 13.1 Å². The molecule has 0 aromatic heterocycles. The zero-order valence-electron chi connectivity index (χ0n) is 12.6. The van der Waals surface area contributed by atoms with Crippen molar-refractivity contribution in [3.8, 4) is 0 Å². The molecule has 1 heterocycles. The summed E-state index contributed by atoms with van der Waals surface area (Å²) in [5.74, 6) is -0.590. The Morgan fingerprint density at radius 2 is 1.64 bits per heavy atom. The highest BCUT2D eigenvalue weighted by molar-refractivity contribution is 5.89. The normalized spacial score (nSPS) is 17.9. The Bertz CT molecular complexity index is 505. The van der Waals surface area contributed by atoms with Gasteiger partial charge in [0.15, 0.2) is 0 Å². The van der Waals surface area contributed by atoms with Gasteiger partial charge in [-0.15, -0.1) is 0 Å². The fourth-order valence-corrected chi connectivity index (χ4v) is 2.51. The zero-order chi connectivity index (χ0) is 16.3. The third-order valence-electron chi connectivity index (χ3n) is 3.68. The highest BCUT2D eigenvalue weighted by Crippen LogP contribution is 2.29. The van der Waals surface area contributed by atoms with Crippen LogP contribution in [0.5, 0.6) is 0 Å². The van der Waals surface area contributed by atoms with E-state index in [4.69, 9.17) is 4.74 Å². The minimum atomic E-state index is -4.41. The number of hydrazine groups is 1. The van der Waals surface area contributed by atoms with Gasteiger partial charge in [0.25, 0.3) is 0 Å². The quantitative estimate of drug-likeness (QED) is 0.800. The fourth-order valence-electron chi connectivity index (χ4n) is 2.51. The number of likely N-dealkylation sites (N-methyl/N-ethyl adjacent to an activating group) is 2. The first-order valence-electron chi connectivity index (χ1n) is 7.23. The zero-order valence-corrected chi connectivity index (χ0v) is 12.6. The molecule has 0 aliphatic carbocycles. The Balaban J connectivity index is 1.98. The van der Waals surface area contributed by atoms with Crippen molar-refractivity contribution in [2.75, 3.05) is 26.2 Å². The van der Waals surface area contributed by atoms with Gasteiger partial charge in [-0.1, -0.05) is 13.8 Å². The van der Waals surface area contributed by atoms with E-state index in [0.717, 1.165) is 37.4 Å². The molecule has 122 valence electrons. The van der Waals surface area contributed by atoms with E-state index in [1.807, 2.05) is 13.8 Å². The summed E-state index contributed by atoms with van der Waals surface area (Å²) < 4.78 is 42.8. The van der Waals surface area contributed by atoms with E-state index >= 15 is 0 Å². The first-order chi connectivity index (χ1) is 10.3. The molecule has 0 unspecified atom stereocenters. The van der Waals surface area contributed by atoms with E-state index < -0.39 is 17.7 Å². The Labute approximate surface area is 127 Å². The van der Waals surface area contributed by atoms with Gasteiger partial charge in [-0.2, -0.15) is 13.2 Å². The van der Waals surface area contributed by atoms with E-state index in [2.05, 4.69) is 10.0 Å². The van der Waals surface area contributed by atoms with E-state index in [9.17, 15) is 18.0 Å². The number of carbonyl (C=O) groups is 1. The summed E-state index contributed by atoms with van der Waals surface area (Å²) in [6.07, 6.45) is -4.67. The van der Waals surface area contributed by atoms with Crippen LogP contribution in [0.3, 0.4) is 0 Å². The molecule has 1 saturated heterocycles. The molecule has 0 N–H and O–H groups in total. The molecule has 4 nitrogen and oxygen atoms in total. The standard InChI is InChI=1S/C15H19F3N2O2/c1-3-19-9-13(10-20(19)4-2)22-14(21)11-5-7-12(8-6-11)15(16,17)18/h5-8,13H,3-4,9-10H2,1-2H3. The fraction of sp³-hybridized carbons (Fsp3) is 0.533. The van der Waals surface area contributed by atoms with Gasteiger partial charge in [-0.25, -0.2) is 14.8 Å². The predicted molar refractivity (Wildman–Crippen MR) is 75.1 cm³/mol. The second-order valence-corrected chi connectivity index (χ2v) is 5.11. The van der Waals surface area contributed by atoms with Crippen LogP contribution in [-0.4, -0.2) is 48.3 Å². The number of nitrogens with zero attached hydrogens (tertiary/aromatic N) is 2. The van der Waals surface area contributed by atoms with Crippen molar-refractivity contribution in [3.05, 3.63) is 35.4 Å². The lowest BCUT2D eigenvalue weighted by atomic mass is 10.1. The van der Waals surface area contributed by atoms with Crippen LogP contribution >= 0.6 is 0 Å². The van der Waals surface area contributed by atoms with Gasteiger partial charge < -0.3 is 4.74 Å². The second kappa shape index (κ2) is 6.66. The van der Waals surface area contributed by atoms with Crippen molar-refractivity contribution in [2.24, 2.45) is 0 Å². The van der Waals surface area contributed by atoms with Gasteiger partial charge in [-0.05, 0) is 24.3 Å². The average molecular weight is 316 g/mol. The number of rotatable bonds is 4. The van der Waals surface area contributed by atoms with Crippen LogP contribution in [0.1, 0.15) is 29.8 Å². The number of halogens is 3. The molecular weight excluding hydrogens is 297 g/mol. The minimum absolute atomic E-state index is 0.131. The summed E-state index contributed by atoms with van der Waals surface area (Å²) in [5, 5.41) is 4.18. The van der Waals surface area contributed by atoms with Gasteiger partial charge in [0.2, 0.25) is 0 Å². The van der Waals surface area contributed by atoms with Crippen molar-refractivity contribution in [2.45, 2.75) is 26.1 Å². The summed E-state index contributed by atoms with van der Waals surface area (Å²) in [5.41, 5.74) is -0.648. The molecule has 0 bridgehead atoms. The van der Waals surface area contributed by atoms with E-state index in [1.54, 1.807) is 0 Å². The van der Waals surface area contributed by atoms with Gasteiger partial charge in [0.05, 0.1) is 24.2 Å². The number of esters is 1.